The molecule has 0 fully saturated rings. The van der Waals surface area contributed by atoms with E-state index in [0.717, 1.165) is 5.56 Å². The summed E-state index contributed by atoms with van der Waals surface area (Å²) in [5.41, 5.74) is 1.01. The van der Waals surface area contributed by atoms with E-state index in [2.05, 4.69) is 5.32 Å². The van der Waals surface area contributed by atoms with Crippen molar-refractivity contribution in [3.8, 4) is 0 Å². The van der Waals surface area contributed by atoms with Crippen LogP contribution in [0, 0.1) is 0 Å². The molecule has 3 heteroatoms. The second-order valence-electron chi connectivity index (χ2n) is 3.50. The summed E-state index contributed by atoms with van der Waals surface area (Å²) in [7, 11) is 0. The summed E-state index contributed by atoms with van der Waals surface area (Å²) in [6.07, 6.45) is 0.604. The third-order valence-electron chi connectivity index (χ3n) is 2.33. The molecule has 1 rings (SSSR count). The minimum absolute atomic E-state index is 0.00894. The Morgan fingerprint density at radius 2 is 2.07 bits per heavy atom. The van der Waals surface area contributed by atoms with Crippen molar-refractivity contribution in [3.05, 3.63) is 35.9 Å². The van der Waals surface area contributed by atoms with Crippen LogP contribution in [0.4, 0.5) is 0 Å². The van der Waals surface area contributed by atoms with E-state index in [0.29, 0.717) is 13.0 Å². The van der Waals surface area contributed by atoms with Crippen molar-refractivity contribution in [2.45, 2.75) is 19.3 Å². The highest BCUT2D eigenvalue weighted by Gasteiger charge is 2.13. The van der Waals surface area contributed by atoms with Gasteiger partial charge in [0.25, 0.3) is 0 Å². The van der Waals surface area contributed by atoms with E-state index in [1.54, 1.807) is 0 Å². The van der Waals surface area contributed by atoms with E-state index in [-0.39, 0.29) is 18.4 Å². The van der Waals surface area contributed by atoms with Gasteiger partial charge in [-0.1, -0.05) is 30.3 Å². The van der Waals surface area contributed by atoms with Gasteiger partial charge in [0, 0.05) is 13.2 Å². The predicted molar refractivity (Wildman–Crippen MR) is 59.6 cm³/mol. The smallest absolute Gasteiger partial charge is 0.227 e. The van der Waals surface area contributed by atoms with Gasteiger partial charge in [0.2, 0.25) is 5.91 Å². The van der Waals surface area contributed by atoms with Crippen LogP contribution in [0.5, 0.6) is 0 Å². The van der Waals surface area contributed by atoms with Gasteiger partial charge in [-0.15, -0.1) is 0 Å². The maximum atomic E-state index is 11.6. The molecule has 0 aliphatic heterocycles. The molecule has 15 heavy (non-hydrogen) atoms. The Kier molecular flexibility index (Phi) is 4.84. The molecule has 1 aromatic carbocycles. The molecule has 1 amide bonds. The Morgan fingerprint density at radius 3 is 2.67 bits per heavy atom. The number of carbonyl (C=O) groups excluding carboxylic acids is 1. The third-order valence-corrected chi connectivity index (χ3v) is 2.33. The van der Waals surface area contributed by atoms with Gasteiger partial charge in [-0.3, -0.25) is 4.79 Å². The van der Waals surface area contributed by atoms with Crippen molar-refractivity contribution in [2.75, 3.05) is 13.2 Å². The van der Waals surface area contributed by atoms with Gasteiger partial charge in [0.05, 0.1) is 5.92 Å². The topological polar surface area (TPSA) is 49.3 Å². The Balaban J connectivity index is 2.46. The van der Waals surface area contributed by atoms with E-state index in [1.165, 1.54) is 0 Å². The zero-order valence-electron chi connectivity index (χ0n) is 8.94. The Hall–Kier alpha value is -1.35. The minimum Gasteiger partial charge on any atom is -0.396 e. The van der Waals surface area contributed by atoms with Gasteiger partial charge in [0.1, 0.15) is 0 Å². The fourth-order valence-corrected chi connectivity index (χ4v) is 1.34. The molecule has 0 saturated carbocycles. The van der Waals surface area contributed by atoms with Crippen molar-refractivity contribution in [1.82, 2.24) is 5.32 Å². The van der Waals surface area contributed by atoms with Gasteiger partial charge < -0.3 is 10.4 Å². The SMILES string of the molecule is CC(C(=O)NCCCO)c1ccccc1. The maximum Gasteiger partial charge on any atom is 0.227 e. The molecule has 0 aliphatic carbocycles. The number of hydrogen-bond donors (Lipinski definition) is 2. The van der Waals surface area contributed by atoms with Crippen LogP contribution in [0.1, 0.15) is 24.8 Å². The molecule has 0 bridgehead atoms. The van der Waals surface area contributed by atoms with Crippen LogP contribution in [0.2, 0.25) is 0 Å². The summed E-state index contributed by atoms with van der Waals surface area (Å²) in [6, 6.07) is 9.66. The Morgan fingerprint density at radius 1 is 1.40 bits per heavy atom. The fraction of sp³-hybridized carbons (Fsp3) is 0.417. The highest BCUT2D eigenvalue weighted by Crippen LogP contribution is 2.13. The average molecular weight is 207 g/mol. The number of benzene rings is 1. The summed E-state index contributed by atoms with van der Waals surface area (Å²) in [5.74, 6) is -0.125. The first kappa shape index (κ1) is 11.7. The molecule has 1 atom stereocenters. The summed E-state index contributed by atoms with van der Waals surface area (Å²) < 4.78 is 0. The first-order valence-corrected chi connectivity index (χ1v) is 5.19. The molecule has 0 aromatic heterocycles. The Labute approximate surface area is 90.1 Å². The molecule has 1 aromatic rings. The van der Waals surface area contributed by atoms with Crippen LogP contribution in [0.15, 0.2) is 30.3 Å². The first-order valence-electron chi connectivity index (χ1n) is 5.19. The van der Waals surface area contributed by atoms with E-state index >= 15 is 0 Å². The predicted octanol–water partition coefficient (Wildman–Crippen LogP) is 1.29. The minimum atomic E-state index is -0.134. The van der Waals surface area contributed by atoms with Gasteiger partial charge in [0.15, 0.2) is 0 Å². The fourth-order valence-electron chi connectivity index (χ4n) is 1.34. The quantitative estimate of drug-likeness (QED) is 0.715. The van der Waals surface area contributed by atoms with Crippen LogP contribution < -0.4 is 5.32 Å². The zero-order chi connectivity index (χ0) is 11.1. The number of amides is 1. The van der Waals surface area contributed by atoms with Crippen molar-refractivity contribution in [2.24, 2.45) is 0 Å². The molecule has 0 spiro atoms. The molecule has 0 saturated heterocycles. The van der Waals surface area contributed by atoms with E-state index < -0.39 is 0 Å². The second-order valence-corrected chi connectivity index (χ2v) is 3.50. The van der Waals surface area contributed by atoms with E-state index in [4.69, 9.17) is 5.11 Å². The van der Waals surface area contributed by atoms with Crippen molar-refractivity contribution in [1.29, 1.82) is 0 Å². The van der Waals surface area contributed by atoms with Crippen LogP contribution in [-0.2, 0) is 4.79 Å². The van der Waals surface area contributed by atoms with Crippen LogP contribution in [-0.4, -0.2) is 24.2 Å². The first-order chi connectivity index (χ1) is 7.25. The number of hydrogen-bond acceptors (Lipinski definition) is 2. The lowest BCUT2D eigenvalue weighted by molar-refractivity contribution is -0.122. The lowest BCUT2D eigenvalue weighted by atomic mass is 10.0. The molecule has 0 aliphatic rings. The highest BCUT2D eigenvalue weighted by molar-refractivity contribution is 5.83. The summed E-state index contributed by atoms with van der Waals surface area (Å²) in [6.45, 7) is 2.52. The summed E-state index contributed by atoms with van der Waals surface area (Å²) in [4.78, 5) is 11.6. The number of carbonyl (C=O) groups is 1. The van der Waals surface area contributed by atoms with E-state index in [1.807, 2.05) is 37.3 Å². The zero-order valence-corrected chi connectivity index (χ0v) is 8.94. The lowest BCUT2D eigenvalue weighted by Gasteiger charge is -2.11. The average Bonchev–Trinajstić information content (AvgIpc) is 2.29. The van der Waals surface area contributed by atoms with Crippen molar-refractivity contribution >= 4 is 5.91 Å². The van der Waals surface area contributed by atoms with Gasteiger partial charge in [-0.2, -0.15) is 0 Å². The molecule has 0 heterocycles. The molecule has 0 radical (unpaired) electrons. The third kappa shape index (κ3) is 3.72. The standard InChI is InChI=1S/C12H17NO2/c1-10(11-6-3-2-4-7-11)12(15)13-8-5-9-14/h2-4,6-7,10,14H,5,8-9H2,1H3,(H,13,15). The summed E-state index contributed by atoms with van der Waals surface area (Å²) >= 11 is 0. The molecule has 1 unspecified atom stereocenters. The Bertz CT molecular complexity index is 298. The maximum absolute atomic E-state index is 11.6. The normalized spacial score (nSPS) is 12.1. The van der Waals surface area contributed by atoms with Gasteiger partial charge >= 0.3 is 0 Å². The largest absolute Gasteiger partial charge is 0.396 e. The number of aliphatic hydroxyl groups excluding tert-OH is 1. The molecular weight excluding hydrogens is 190 g/mol. The highest BCUT2D eigenvalue weighted by atomic mass is 16.3. The van der Waals surface area contributed by atoms with Crippen LogP contribution in [0.25, 0.3) is 0 Å². The number of rotatable bonds is 5. The number of aliphatic hydroxyl groups is 1. The summed E-state index contributed by atoms with van der Waals surface area (Å²) in [5, 5.41) is 11.4. The molecular formula is C12H17NO2. The molecule has 3 nitrogen and oxygen atoms in total. The van der Waals surface area contributed by atoms with Crippen molar-refractivity contribution in [3.63, 3.8) is 0 Å². The van der Waals surface area contributed by atoms with Crippen molar-refractivity contribution < 1.29 is 9.90 Å². The molecule has 2 N–H and O–H groups in total. The number of nitrogens with one attached hydrogen (secondary N) is 1. The monoisotopic (exact) mass is 207 g/mol. The molecule has 82 valence electrons. The van der Waals surface area contributed by atoms with E-state index in [9.17, 15) is 4.79 Å². The van der Waals surface area contributed by atoms with Gasteiger partial charge in [-0.05, 0) is 18.9 Å². The van der Waals surface area contributed by atoms with Crippen LogP contribution in [0.3, 0.4) is 0 Å². The second kappa shape index (κ2) is 6.19. The lowest BCUT2D eigenvalue weighted by Crippen LogP contribution is -2.29. The van der Waals surface area contributed by atoms with Crippen LogP contribution >= 0.6 is 0 Å². The van der Waals surface area contributed by atoms with Gasteiger partial charge in [-0.25, -0.2) is 0 Å².